The van der Waals surface area contributed by atoms with E-state index in [0.717, 1.165) is 16.8 Å². The van der Waals surface area contributed by atoms with Crippen LogP contribution in [0.15, 0.2) is 71.9 Å². The maximum atomic E-state index is 10.3. The largest absolute Gasteiger partial charge is 0.387 e. The molecule has 0 spiro atoms. The van der Waals surface area contributed by atoms with E-state index in [9.17, 15) is 5.11 Å². The number of anilines is 1. The zero-order valence-electron chi connectivity index (χ0n) is 15.0. The molecule has 0 bridgehead atoms. The summed E-state index contributed by atoms with van der Waals surface area (Å²) in [6.45, 7) is 4.76. The van der Waals surface area contributed by atoms with Crippen molar-refractivity contribution >= 4 is 17.6 Å². The predicted molar refractivity (Wildman–Crippen MR) is 108 cm³/mol. The van der Waals surface area contributed by atoms with E-state index in [2.05, 4.69) is 53.4 Å². The summed E-state index contributed by atoms with van der Waals surface area (Å²) in [7, 11) is 0. The molecule has 2 N–H and O–H groups in total. The maximum Gasteiger partial charge on any atom is 0.130 e. The van der Waals surface area contributed by atoms with E-state index in [1.165, 1.54) is 4.90 Å². The van der Waals surface area contributed by atoms with Gasteiger partial charge in [0, 0.05) is 28.3 Å². The number of benzene rings is 2. The Bertz CT molecular complexity index is 822. The van der Waals surface area contributed by atoms with Crippen LogP contribution in [0, 0.1) is 0 Å². The van der Waals surface area contributed by atoms with Gasteiger partial charge in [0.2, 0.25) is 0 Å². The molecular formula is C21H23N3OS. The monoisotopic (exact) mass is 365 g/mol. The van der Waals surface area contributed by atoms with E-state index < -0.39 is 6.10 Å². The molecule has 134 valence electrons. The van der Waals surface area contributed by atoms with E-state index >= 15 is 0 Å². The van der Waals surface area contributed by atoms with Gasteiger partial charge >= 0.3 is 0 Å². The van der Waals surface area contributed by atoms with Gasteiger partial charge in [-0.15, -0.1) is 11.8 Å². The molecular weight excluding hydrogens is 342 g/mol. The molecule has 0 radical (unpaired) electrons. The minimum absolute atomic E-state index is 0.393. The summed E-state index contributed by atoms with van der Waals surface area (Å²) in [5, 5.41) is 14.0. The second-order valence-electron chi connectivity index (χ2n) is 6.29. The van der Waals surface area contributed by atoms with Gasteiger partial charge in [-0.25, -0.2) is 9.97 Å². The third-order valence-electron chi connectivity index (χ3n) is 3.85. The van der Waals surface area contributed by atoms with Crippen LogP contribution in [-0.2, 0) is 0 Å². The maximum absolute atomic E-state index is 10.3. The van der Waals surface area contributed by atoms with Gasteiger partial charge in [0.05, 0.1) is 11.8 Å². The van der Waals surface area contributed by atoms with Crippen LogP contribution < -0.4 is 5.32 Å². The Balaban J connectivity index is 1.66. The average Bonchev–Trinajstić information content (AvgIpc) is 2.67. The second kappa shape index (κ2) is 8.83. The third-order valence-corrected chi connectivity index (χ3v) is 4.87. The van der Waals surface area contributed by atoms with E-state index in [1.807, 2.05) is 48.2 Å². The van der Waals surface area contributed by atoms with Crippen LogP contribution in [0.4, 0.5) is 5.82 Å². The molecule has 0 fully saturated rings. The normalized spacial score (nSPS) is 12.2. The molecule has 4 nitrogen and oxygen atoms in total. The van der Waals surface area contributed by atoms with Gasteiger partial charge in [-0.2, -0.15) is 0 Å². The minimum atomic E-state index is -0.582. The molecule has 1 aromatic heterocycles. The fourth-order valence-electron chi connectivity index (χ4n) is 2.58. The molecule has 0 aliphatic heterocycles. The number of hydrogen-bond acceptors (Lipinski definition) is 5. The summed E-state index contributed by atoms with van der Waals surface area (Å²) in [5.41, 5.74) is 2.79. The summed E-state index contributed by atoms with van der Waals surface area (Å²) in [6.07, 6.45) is 0.963. The Morgan fingerprint density at radius 3 is 2.42 bits per heavy atom. The number of hydrogen-bond donors (Lipinski definition) is 2. The SMILES string of the molecule is CC(C)Sc1ccc(-c2cc(NC[C@H](O)c3ccccc3)ncn2)cc1. The number of aromatic nitrogens is 2. The first-order chi connectivity index (χ1) is 12.6. The number of aliphatic hydroxyl groups is 1. The summed E-state index contributed by atoms with van der Waals surface area (Å²) in [5.74, 6) is 0.700. The van der Waals surface area contributed by atoms with Crippen molar-refractivity contribution in [3.05, 3.63) is 72.6 Å². The van der Waals surface area contributed by atoms with Gasteiger partial charge in [-0.1, -0.05) is 56.3 Å². The molecule has 1 heterocycles. The van der Waals surface area contributed by atoms with Gasteiger partial charge in [0.15, 0.2) is 0 Å². The van der Waals surface area contributed by atoms with E-state index in [-0.39, 0.29) is 0 Å². The number of thioether (sulfide) groups is 1. The van der Waals surface area contributed by atoms with Crippen molar-refractivity contribution < 1.29 is 5.11 Å². The summed E-state index contributed by atoms with van der Waals surface area (Å²) in [6, 6.07) is 19.9. The van der Waals surface area contributed by atoms with Crippen LogP contribution in [0.2, 0.25) is 0 Å². The quantitative estimate of drug-likeness (QED) is 0.590. The van der Waals surface area contributed by atoms with Gasteiger partial charge in [-0.05, 0) is 17.7 Å². The van der Waals surface area contributed by atoms with Crippen molar-refractivity contribution in [1.82, 2.24) is 9.97 Å². The average molecular weight is 366 g/mol. The highest BCUT2D eigenvalue weighted by Crippen LogP contribution is 2.26. The molecule has 26 heavy (non-hydrogen) atoms. The first-order valence-corrected chi connectivity index (χ1v) is 9.56. The fraction of sp³-hybridized carbons (Fsp3) is 0.238. The second-order valence-corrected chi connectivity index (χ2v) is 7.94. The van der Waals surface area contributed by atoms with Crippen LogP contribution in [-0.4, -0.2) is 26.9 Å². The highest BCUT2D eigenvalue weighted by Gasteiger charge is 2.08. The Labute approximate surface area is 158 Å². The molecule has 3 aromatic rings. The Hall–Kier alpha value is -2.37. The lowest BCUT2D eigenvalue weighted by molar-refractivity contribution is 0.191. The molecule has 3 rings (SSSR count). The lowest BCUT2D eigenvalue weighted by atomic mass is 10.1. The van der Waals surface area contributed by atoms with Crippen molar-refractivity contribution in [3.63, 3.8) is 0 Å². The molecule has 0 amide bonds. The van der Waals surface area contributed by atoms with Crippen LogP contribution in [0.5, 0.6) is 0 Å². The lowest BCUT2D eigenvalue weighted by Crippen LogP contribution is -2.13. The molecule has 5 heteroatoms. The summed E-state index contributed by atoms with van der Waals surface area (Å²) in [4.78, 5) is 9.87. The van der Waals surface area contributed by atoms with Gasteiger partial charge in [0.25, 0.3) is 0 Å². The van der Waals surface area contributed by atoms with Crippen molar-refractivity contribution in [2.45, 2.75) is 30.1 Å². The van der Waals surface area contributed by atoms with Crippen molar-refractivity contribution in [1.29, 1.82) is 0 Å². The number of rotatable bonds is 7. The first kappa shape index (κ1) is 18.4. The molecule has 1 atom stereocenters. The van der Waals surface area contributed by atoms with Crippen LogP contribution >= 0.6 is 11.8 Å². The zero-order valence-corrected chi connectivity index (χ0v) is 15.8. The van der Waals surface area contributed by atoms with E-state index in [4.69, 9.17) is 0 Å². The zero-order chi connectivity index (χ0) is 18.4. The van der Waals surface area contributed by atoms with Crippen LogP contribution in [0.25, 0.3) is 11.3 Å². The summed E-state index contributed by atoms with van der Waals surface area (Å²) < 4.78 is 0. The van der Waals surface area contributed by atoms with Gasteiger partial charge in [-0.3, -0.25) is 0 Å². The van der Waals surface area contributed by atoms with Crippen molar-refractivity contribution in [2.75, 3.05) is 11.9 Å². The van der Waals surface area contributed by atoms with Crippen molar-refractivity contribution in [2.24, 2.45) is 0 Å². The highest BCUT2D eigenvalue weighted by atomic mass is 32.2. The molecule has 0 aliphatic carbocycles. The molecule has 0 saturated heterocycles. The topological polar surface area (TPSA) is 58.0 Å². The molecule has 2 aromatic carbocycles. The smallest absolute Gasteiger partial charge is 0.130 e. The highest BCUT2D eigenvalue weighted by molar-refractivity contribution is 7.99. The lowest BCUT2D eigenvalue weighted by Gasteiger charge is -2.13. The standard InChI is InChI=1S/C21H23N3OS/c1-15(2)26-18-10-8-16(9-11-18)19-12-21(24-14-23-19)22-13-20(25)17-6-4-3-5-7-17/h3-12,14-15,20,25H,13H2,1-2H3,(H,22,23,24)/t20-/m0/s1. The van der Waals surface area contributed by atoms with Gasteiger partial charge in [0.1, 0.15) is 12.1 Å². The van der Waals surface area contributed by atoms with Crippen LogP contribution in [0.1, 0.15) is 25.5 Å². The number of aliphatic hydroxyl groups excluding tert-OH is 1. The van der Waals surface area contributed by atoms with E-state index in [0.29, 0.717) is 17.6 Å². The fourth-order valence-corrected chi connectivity index (χ4v) is 3.42. The molecule has 0 unspecified atom stereocenters. The number of nitrogens with zero attached hydrogens (tertiary/aromatic N) is 2. The third kappa shape index (κ3) is 5.07. The van der Waals surface area contributed by atoms with Crippen LogP contribution in [0.3, 0.4) is 0 Å². The number of nitrogens with one attached hydrogen (secondary N) is 1. The predicted octanol–water partition coefficient (Wildman–Crippen LogP) is 4.79. The Morgan fingerprint density at radius 1 is 1.00 bits per heavy atom. The van der Waals surface area contributed by atoms with Crippen molar-refractivity contribution in [3.8, 4) is 11.3 Å². The Kier molecular flexibility index (Phi) is 6.26. The molecule has 0 saturated carbocycles. The van der Waals surface area contributed by atoms with Gasteiger partial charge < -0.3 is 10.4 Å². The molecule has 0 aliphatic rings. The van der Waals surface area contributed by atoms with E-state index in [1.54, 1.807) is 6.33 Å². The Morgan fingerprint density at radius 2 is 1.73 bits per heavy atom. The first-order valence-electron chi connectivity index (χ1n) is 8.68. The minimum Gasteiger partial charge on any atom is -0.387 e. The summed E-state index contributed by atoms with van der Waals surface area (Å²) >= 11 is 1.84.